The fourth-order valence-corrected chi connectivity index (χ4v) is 0.846. The molecule has 1 unspecified atom stereocenters. The summed E-state index contributed by atoms with van der Waals surface area (Å²) in [6.45, 7) is 0.259. The largest absolute Gasteiger partial charge is 0.478 e. The van der Waals surface area contributed by atoms with Crippen LogP contribution in [-0.4, -0.2) is 23.8 Å². The molecular formula is C8H10N2O4. The van der Waals surface area contributed by atoms with E-state index in [4.69, 9.17) is 15.6 Å². The Hall–Kier alpha value is -1.95. The standard InChI is InChI=1S/C8H10N2O4/c9-5-13-4-2-1-3-7(8(11)12)14-6-10/h7H,1-4H2,(H,11,12). The van der Waals surface area contributed by atoms with Gasteiger partial charge in [-0.1, -0.05) is 0 Å². The van der Waals surface area contributed by atoms with Crippen molar-refractivity contribution in [1.82, 2.24) is 0 Å². The van der Waals surface area contributed by atoms with Crippen LogP contribution in [0.15, 0.2) is 0 Å². The van der Waals surface area contributed by atoms with Crippen LogP contribution in [0, 0.1) is 23.0 Å². The zero-order valence-corrected chi connectivity index (χ0v) is 7.47. The summed E-state index contributed by atoms with van der Waals surface area (Å²) in [7, 11) is 0. The smallest absolute Gasteiger partial charge is 0.346 e. The highest BCUT2D eigenvalue weighted by Crippen LogP contribution is 2.05. The molecule has 0 heterocycles. The van der Waals surface area contributed by atoms with E-state index in [0.717, 1.165) is 0 Å². The number of nitriles is 2. The number of hydrogen-bond donors (Lipinski definition) is 1. The lowest BCUT2D eigenvalue weighted by Crippen LogP contribution is -2.21. The van der Waals surface area contributed by atoms with Gasteiger partial charge in [0.25, 0.3) is 12.5 Å². The van der Waals surface area contributed by atoms with Crippen molar-refractivity contribution >= 4 is 5.97 Å². The first-order valence-electron chi connectivity index (χ1n) is 4.00. The molecule has 1 atom stereocenters. The van der Waals surface area contributed by atoms with E-state index in [9.17, 15) is 4.79 Å². The Kier molecular flexibility index (Phi) is 6.62. The molecule has 6 nitrogen and oxygen atoms in total. The molecule has 0 aromatic rings. The van der Waals surface area contributed by atoms with E-state index in [0.29, 0.717) is 12.8 Å². The Morgan fingerprint density at radius 3 is 2.57 bits per heavy atom. The van der Waals surface area contributed by atoms with Crippen molar-refractivity contribution < 1.29 is 19.4 Å². The summed E-state index contributed by atoms with van der Waals surface area (Å²) >= 11 is 0. The average Bonchev–Trinajstić information content (AvgIpc) is 2.15. The fourth-order valence-electron chi connectivity index (χ4n) is 0.846. The Morgan fingerprint density at radius 2 is 2.07 bits per heavy atom. The highest BCUT2D eigenvalue weighted by molar-refractivity contribution is 5.72. The highest BCUT2D eigenvalue weighted by Gasteiger charge is 2.17. The van der Waals surface area contributed by atoms with Crippen molar-refractivity contribution in [2.45, 2.75) is 25.4 Å². The number of rotatable bonds is 7. The van der Waals surface area contributed by atoms with Crippen molar-refractivity contribution in [1.29, 1.82) is 10.5 Å². The SMILES string of the molecule is N#COCCCCC(OC#N)C(=O)O. The van der Waals surface area contributed by atoms with Crippen molar-refractivity contribution in [2.24, 2.45) is 0 Å². The highest BCUT2D eigenvalue weighted by atomic mass is 16.5. The summed E-state index contributed by atoms with van der Waals surface area (Å²) in [5, 5.41) is 24.7. The zero-order chi connectivity index (χ0) is 10.8. The van der Waals surface area contributed by atoms with E-state index >= 15 is 0 Å². The average molecular weight is 198 g/mol. The lowest BCUT2D eigenvalue weighted by molar-refractivity contribution is -0.146. The van der Waals surface area contributed by atoms with Gasteiger partial charge in [0, 0.05) is 0 Å². The predicted molar refractivity (Wildman–Crippen MR) is 43.5 cm³/mol. The molecule has 0 aliphatic carbocycles. The van der Waals surface area contributed by atoms with Gasteiger partial charge in [0.15, 0.2) is 0 Å². The minimum Gasteiger partial charge on any atom is -0.478 e. The maximum atomic E-state index is 10.4. The van der Waals surface area contributed by atoms with E-state index in [1.54, 1.807) is 0 Å². The van der Waals surface area contributed by atoms with Crippen molar-refractivity contribution in [3.05, 3.63) is 0 Å². The molecule has 0 aromatic carbocycles. The normalized spacial score (nSPS) is 10.7. The lowest BCUT2D eigenvalue weighted by Gasteiger charge is -2.07. The van der Waals surface area contributed by atoms with Crippen molar-refractivity contribution in [3.63, 3.8) is 0 Å². The fraction of sp³-hybridized carbons (Fsp3) is 0.625. The van der Waals surface area contributed by atoms with Gasteiger partial charge < -0.3 is 14.6 Å². The number of ether oxygens (including phenoxy) is 2. The third-order valence-corrected chi connectivity index (χ3v) is 1.50. The van der Waals surface area contributed by atoms with E-state index in [1.165, 1.54) is 12.5 Å². The van der Waals surface area contributed by atoms with E-state index in [-0.39, 0.29) is 13.0 Å². The summed E-state index contributed by atoms with van der Waals surface area (Å²) < 4.78 is 8.70. The molecule has 0 fully saturated rings. The third-order valence-electron chi connectivity index (χ3n) is 1.50. The number of unbranched alkanes of at least 4 members (excludes halogenated alkanes) is 1. The Bertz CT molecular complexity index is 253. The maximum absolute atomic E-state index is 10.4. The molecule has 0 aliphatic heterocycles. The molecule has 0 saturated heterocycles. The van der Waals surface area contributed by atoms with Gasteiger partial charge in [-0.15, -0.1) is 0 Å². The minimum absolute atomic E-state index is 0.234. The van der Waals surface area contributed by atoms with Crippen LogP contribution in [0.1, 0.15) is 19.3 Å². The second kappa shape index (κ2) is 7.69. The summed E-state index contributed by atoms with van der Waals surface area (Å²) in [5.74, 6) is -1.16. The molecule has 0 amide bonds. The molecule has 0 bridgehead atoms. The predicted octanol–water partition coefficient (Wildman–Crippen LogP) is 0.605. The number of carboxylic acids is 1. The van der Waals surface area contributed by atoms with E-state index in [1.807, 2.05) is 0 Å². The monoisotopic (exact) mass is 198 g/mol. The molecule has 0 saturated carbocycles. The van der Waals surface area contributed by atoms with E-state index in [2.05, 4.69) is 9.47 Å². The Balaban J connectivity index is 3.58. The molecule has 1 N–H and O–H groups in total. The van der Waals surface area contributed by atoms with Crippen LogP contribution in [-0.2, 0) is 14.3 Å². The molecule has 0 spiro atoms. The van der Waals surface area contributed by atoms with Gasteiger partial charge in [-0.05, 0) is 19.3 Å². The van der Waals surface area contributed by atoms with Gasteiger partial charge in [-0.3, -0.25) is 0 Å². The Morgan fingerprint density at radius 1 is 1.36 bits per heavy atom. The van der Waals surface area contributed by atoms with Crippen LogP contribution < -0.4 is 0 Å². The maximum Gasteiger partial charge on any atom is 0.346 e. The molecule has 76 valence electrons. The van der Waals surface area contributed by atoms with Gasteiger partial charge in [-0.2, -0.15) is 10.5 Å². The summed E-state index contributed by atoms with van der Waals surface area (Å²) in [6, 6.07) is 0. The number of carbonyl (C=O) groups is 1. The first kappa shape index (κ1) is 12.0. The first-order valence-corrected chi connectivity index (χ1v) is 4.00. The summed E-state index contributed by atoms with van der Waals surface area (Å²) in [4.78, 5) is 10.4. The zero-order valence-electron chi connectivity index (χ0n) is 7.47. The van der Waals surface area contributed by atoms with Crippen molar-refractivity contribution in [3.8, 4) is 12.5 Å². The van der Waals surface area contributed by atoms with Gasteiger partial charge in [0.2, 0.25) is 6.10 Å². The molecular weight excluding hydrogens is 188 g/mol. The van der Waals surface area contributed by atoms with Crippen LogP contribution in [0.4, 0.5) is 0 Å². The molecule has 0 rings (SSSR count). The summed E-state index contributed by atoms with van der Waals surface area (Å²) in [6.07, 6.45) is 3.07. The van der Waals surface area contributed by atoms with Crippen LogP contribution in [0.25, 0.3) is 0 Å². The number of aliphatic carboxylic acids is 1. The minimum atomic E-state index is -1.16. The third kappa shape index (κ3) is 5.67. The second-order valence-corrected chi connectivity index (χ2v) is 2.47. The van der Waals surface area contributed by atoms with E-state index < -0.39 is 12.1 Å². The first-order chi connectivity index (χ1) is 6.72. The lowest BCUT2D eigenvalue weighted by atomic mass is 10.1. The van der Waals surface area contributed by atoms with Crippen LogP contribution in [0.3, 0.4) is 0 Å². The van der Waals surface area contributed by atoms with Gasteiger partial charge in [-0.25, -0.2) is 4.79 Å². The number of carboxylic acid groups (broad SMARTS) is 1. The second-order valence-electron chi connectivity index (χ2n) is 2.47. The number of nitrogens with zero attached hydrogens (tertiary/aromatic N) is 2. The van der Waals surface area contributed by atoms with Crippen LogP contribution in [0.2, 0.25) is 0 Å². The van der Waals surface area contributed by atoms with Gasteiger partial charge in [0.05, 0.1) is 0 Å². The van der Waals surface area contributed by atoms with Crippen LogP contribution >= 0.6 is 0 Å². The van der Waals surface area contributed by atoms with Gasteiger partial charge >= 0.3 is 5.97 Å². The topological polar surface area (TPSA) is 103 Å². The number of hydrogen-bond acceptors (Lipinski definition) is 5. The van der Waals surface area contributed by atoms with Crippen molar-refractivity contribution in [2.75, 3.05) is 6.61 Å². The quantitative estimate of drug-likeness (QED) is 0.474. The summed E-state index contributed by atoms with van der Waals surface area (Å²) in [5.41, 5.74) is 0. The molecule has 0 radical (unpaired) electrons. The van der Waals surface area contributed by atoms with Gasteiger partial charge in [0.1, 0.15) is 6.61 Å². The molecule has 14 heavy (non-hydrogen) atoms. The Labute approximate surface area is 81.3 Å². The molecule has 6 heteroatoms. The molecule has 0 aromatic heterocycles. The molecule has 0 aliphatic rings. The van der Waals surface area contributed by atoms with Crippen LogP contribution in [0.5, 0.6) is 0 Å².